The van der Waals surface area contributed by atoms with E-state index in [4.69, 9.17) is 25.1 Å². The molecule has 3 N–H and O–H groups in total. The van der Waals surface area contributed by atoms with Gasteiger partial charge in [-0.1, -0.05) is 63.5 Å². The summed E-state index contributed by atoms with van der Waals surface area (Å²) in [5.41, 5.74) is 11.3. The summed E-state index contributed by atoms with van der Waals surface area (Å²) in [4.78, 5) is 21.0. The minimum absolute atomic E-state index is 0.0214. The molecule has 1 aliphatic rings. The second-order valence-corrected chi connectivity index (χ2v) is 9.10. The maximum absolute atomic E-state index is 13.4. The Kier molecular flexibility index (Phi) is 8.42. The molecular formula is C26H24BrN5O5. The monoisotopic (exact) mass is 565 g/mol. The lowest BCUT2D eigenvalue weighted by molar-refractivity contribution is -0.137. The van der Waals surface area contributed by atoms with Gasteiger partial charge in [-0.3, -0.25) is 10.0 Å². The number of ether oxygens (including phenoxy) is 2. The molecule has 0 unspecified atom stereocenters. The summed E-state index contributed by atoms with van der Waals surface area (Å²) >= 11 is 3.54. The van der Waals surface area contributed by atoms with Gasteiger partial charge in [0.05, 0.1) is 6.61 Å². The molecule has 0 aliphatic carbocycles. The van der Waals surface area contributed by atoms with E-state index >= 15 is 0 Å². The number of carbonyl (C=O) groups excluding carboxylic acids is 1. The van der Waals surface area contributed by atoms with E-state index in [9.17, 15) is 10.0 Å². The Bertz CT molecular complexity index is 1340. The van der Waals surface area contributed by atoms with Crippen molar-refractivity contribution in [3.05, 3.63) is 104 Å². The molecule has 0 fully saturated rings. The van der Waals surface area contributed by atoms with Crippen molar-refractivity contribution in [2.45, 2.75) is 24.5 Å². The number of nitrogens with zero attached hydrogens (tertiary/aromatic N) is 4. The van der Waals surface area contributed by atoms with E-state index in [0.29, 0.717) is 45.6 Å². The fourth-order valence-electron chi connectivity index (χ4n) is 4.14. The highest BCUT2D eigenvalue weighted by Gasteiger charge is 2.54. The Morgan fingerprint density at radius 1 is 1.16 bits per heavy atom. The van der Waals surface area contributed by atoms with Gasteiger partial charge in [-0.25, -0.2) is 10.5 Å². The number of halogens is 1. The zero-order chi connectivity index (χ0) is 26.3. The van der Waals surface area contributed by atoms with Gasteiger partial charge in [0.1, 0.15) is 5.75 Å². The molecule has 190 valence electrons. The maximum Gasteiger partial charge on any atom is 0.275 e. The predicted molar refractivity (Wildman–Crippen MR) is 140 cm³/mol. The van der Waals surface area contributed by atoms with Crippen LogP contribution in [0.2, 0.25) is 0 Å². The number of hydroxylamine groups is 1. The SMILES string of the molecule is [N-]=[N+]=Nc1ccccc1C[C@]1(C(=O)NO)N=C(c2ccc(OCCCO)cc2)O[C@H]1c1ccccc1Br. The number of aliphatic hydroxyl groups excluding tert-OH is 1. The summed E-state index contributed by atoms with van der Waals surface area (Å²) in [7, 11) is 0. The smallest absolute Gasteiger partial charge is 0.275 e. The van der Waals surface area contributed by atoms with Crippen molar-refractivity contribution in [1.82, 2.24) is 5.48 Å². The van der Waals surface area contributed by atoms with Crippen LogP contribution in [-0.2, 0) is 16.0 Å². The van der Waals surface area contributed by atoms with Crippen molar-refractivity contribution in [3.63, 3.8) is 0 Å². The average Bonchev–Trinajstić information content (AvgIpc) is 3.30. The third kappa shape index (κ3) is 5.60. The van der Waals surface area contributed by atoms with E-state index in [0.717, 1.165) is 0 Å². The first-order chi connectivity index (χ1) is 18.0. The van der Waals surface area contributed by atoms with Crippen LogP contribution in [0, 0.1) is 0 Å². The van der Waals surface area contributed by atoms with Crippen LogP contribution in [0.1, 0.15) is 29.2 Å². The molecule has 4 rings (SSSR count). The number of azide groups is 1. The first kappa shape index (κ1) is 26.2. The van der Waals surface area contributed by atoms with Crippen LogP contribution >= 0.6 is 15.9 Å². The molecule has 0 spiro atoms. The molecule has 0 saturated heterocycles. The van der Waals surface area contributed by atoms with Gasteiger partial charge in [0.15, 0.2) is 11.6 Å². The number of rotatable bonds is 10. The minimum atomic E-state index is -1.63. The third-order valence-electron chi connectivity index (χ3n) is 5.92. The molecule has 3 aromatic rings. The molecular weight excluding hydrogens is 542 g/mol. The fourth-order valence-corrected chi connectivity index (χ4v) is 4.63. The number of hydrogen-bond donors (Lipinski definition) is 3. The number of carbonyl (C=O) groups is 1. The van der Waals surface area contributed by atoms with Crippen molar-refractivity contribution in [1.29, 1.82) is 0 Å². The average molecular weight is 566 g/mol. The van der Waals surface area contributed by atoms with E-state index in [1.807, 2.05) is 24.3 Å². The van der Waals surface area contributed by atoms with Crippen molar-refractivity contribution < 1.29 is 24.6 Å². The minimum Gasteiger partial charge on any atom is -0.494 e. The molecule has 0 bridgehead atoms. The molecule has 1 heterocycles. The van der Waals surface area contributed by atoms with Gasteiger partial charge < -0.3 is 14.6 Å². The van der Waals surface area contributed by atoms with Gasteiger partial charge >= 0.3 is 0 Å². The van der Waals surface area contributed by atoms with Crippen molar-refractivity contribution >= 4 is 33.4 Å². The van der Waals surface area contributed by atoms with Crippen LogP contribution in [0.15, 0.2) is 87.4 Å². The summed E-state index contributed by atoms with van der Waals surface area (Å²) in [5, 5.41) is 22.5. The number of hydrogen-bond acceptors (Lipinski definition) is 7. The normalized spacial score (nSPS) is 18.4. The molecule has 37 heavy (non-hydrogen) atoms. The zero-order valence-corrected chi connectivity index (χ0v) is 21.2. The van der Waals surface area contributed by atoms with Crippen LogP contribution in [0.5, 0.6) is 5.75 Å². The maximum atomic E-state index is 13.4. The van der Waals surface area contributed by atoms with Crippen LogP contribution in [0.25, 0.3) is 10.4 Å². The highest BCUT2D eigenvalue weighted by molar-refractivity contribution is 9.10. The lowest BCUT2D eigenvalue weighted by Gasteiger charge is -2.30. The molecule has 1 aliphatic heterocycles. The van der Waals surface area contributed by atoms with Crippen LogP contribution < -0.4 is 10.2 Å². The van der Waals surface area contributed by atoms with Gasteiger partial charge in [-0.2, -0.15) is 0 Å². The van der Waals surface area contributed by atoms with E-state index in [-0.39, 0.29) is 18.9 Å². The Hall–Kier alpha value is -3.89. The summed E-state index contributed by atoms with van der Waals surface area (Å²) in [6.07, 6.45) is -0.432. The highest BCUT2D eigenvalue weighted by atomic mass is 79.9. The summed E-state index contributed by atoms with van der Waals surface area (Å²) in [5.74, 6) is 0.0382. The van der Waals surface area contributed by atoms with Gasteiger partial charge in [-0.05, 0) is 41.4 Å². The summed E-state index contributed by atoms with van der Waals surface area (Å²) < 4.78 is 12.6. The van der Waals surface area contributed by atoms with Gasteiger partial charge in [0.2, 0.25) is 5.90 Å². The topological polar surface area (TPSA) is 149 Å². The van der Waals surface area contributed by atoms with E-state index in [1.54, 1.807) is 54.0 Å². The quantitative estimate of drug-likeness (QED) is 0.0774. The Balaban J connectivity index is 1.81. The third-order valence-corrected chi connectivity index (χ3v) is 6.65. The molecule has 0 radical (unpaired) electrons. The summed E-state index contributed by atoms with van der Waals surface area (Å²) in [6.45, 7) is 0.415. The van der Waals surface area contributed by atoms with Crippen molar-refractivity contribution in [3.8, 4) is 5.75 Å². The van der Waals surface area contributed by atoms with Crippen LogP contribution in [0.4, 0.5) is 5.69 Å². The molecule has 1 amide bonds. The lowest BCUT2D eigenvalue weighted by atomic mass is 9.82. The second kappa shape index (κ2) is 11.9. The summed E-state index contributed by atoms with van der Waals surface area (Å²) in [6, 6.07) is 21.2. The molecule has 0 saturated carbocycles. The Labute approximate surface area is 221 Å². The first-order valence-corrected chi connectivity index (χ1v) is 12.2. The first-order valence-electron chi connectivity index (χ1n) is 11.4. The predicted octanol–water partition coefficient (Wildman–Crippen LogP) is 5.16. The van der Waals surface area contributed by atoms with E-state index in [1.165, 1.54) is 0 Å². The van der Waals surface area contributed by atoms with Gasteiger partial charge in [-0.15, -0.1) is 0 Å². The molecule has 10 nitrogen and oxygen atoms in total. The Morgan fingerprint density at radius 2 is 1.89 bits per heavy atom. The largest absolute Gasteiger partial charge is 0.494 e. The lowest BCUT2D eigenvalue weighted by Crippen LogP contribution is -2.49. The molecule has 2 atom stereocenters. The van der Waals surface area contributed by atoms with Crippen molar-refractivity contribution in [2.75, 3.05) is 13.2 Å². The highest BCUT2D eigenvalue weighted by Crippen LogP contribution is 2.45. The standard InChI is InChI=1S/C26H24BrN5O5/c27-21-8-3-2-7-20(21)23-26(25(34)31-35,16-18-6-1-4-9-22(18)30-32-28)29-24(37-23)17-10-12-19(13-11-17)36-15-5-14-33/h1-4,6-13,23,33,35H,5,14-16H2,(H,31,34)/t23-,26-/m0/s1. The zero-order valence-electron chi connectivity index (χ0n) is 19.6. The van der Waals surface area contributed by atoms with E-state index in [2.05, 4.69) is 26.0 Å². The number of aliphatic imine (C=N–C) groups is 1. The number of amides is 1. The van der Waals surface area contributed by atoms with Crippen molar-refractivity contribution in [2.24, 2.45) is 10.1 Å². The number of benzene rings is 3. The second-order valence-electron chi connectivity index (χ2n) is 8.25. The number of nitrogens with one attached hydrogen (secondary N) is 1. The Morgan fingerprint density at radius 3 is 2.59 bits per heavy atom. The molecule has 3 aromatic carbocycles. The van der Waals surface area contributed by atoms with Gasteiger partial charge in [0, 0.05) is 45.6 Å². The van der Waals surface area contributed by atoms with Crippen LogP contribution in [0.3, 0.4) is 0 Å². The fraction of sp³-hybridized carbons (Fsp3) is 0.231. The molecule has 11 heteroatoms. The van der Waals surface area contributed by atoms with Gasteiger partial charge in [0.25, 0.3) is 5.91 Å². The van der Waals surface area contributed by atoms with E-state index < -0.39 is 17.6 Å². The number of aliphatic hydroxyl groups is 1. The molecule has 0 aromatic heterocycles. The van der Waals surface area contributed by atoms with Crippen LogP contribution in [-0.4, -0.2) is 40.9 Å².